The molecule has 6 nitrogen and oxygen atoms in total. The van der Waals surface area contributed by atoms with Crippen LogP contribution in [0.2, 0.25) is 0 Å². The maximum atomic E-state index is 12.9. The van der Waals surface area contributed by atoms with Crippen molar-refractivity contribution < 1.29 is 28.6 Å². The molecular formula is C65H104O6. The van der Waals surface area contributed by atoms with Gasteiger partial charge in [0, 0.05) is 19.3 Å². The van der Waals surface area contributed by atoms with E-state index in [4.69, 9.17) is 14.2 Å². The highest BCUT2D eigenvalue weighted by atomic mass is 16.6. The summed E-state index contributed by atoms with van der Waals surface area (Å²) in [5.74, 6) is -0.993. The third-order valence-electron chi connectivity index (χ3n) is 11.6. The zero-order chi connectivity index (χ0) is 51.4. The fraction of sp³-hybridized carbons (Fsp3) is 0.615. The molecule has 0 saturated heterocycles. The van der Waals surface area contributed by atoms with Crippen LogP contribution >= 0.6 is 0 Å². The summed E-state index contributed by atoms with van der Waals surface area (Å²) in [7, 11) is 0. The SMILES string of the molecule is CC/C=C\C/C=C\C/C=C\C/C=C\C/C=C\C/C=C\CCCCC(=O)OCC(COC(=O)CCCCC/C=C\C/C=C\C/C=C\CC)OC(=O)CCCCCCCCCCC/C=C\C/C=C\CCCCC. The van der Waals surface area contributed by atoms with Crippen LogP contribution in [0.1, 0.15) is 239 Å². The second-order valence-corrected chi connectivity index (χ2v) is 18.4. The summed E-state index contributed by atoms with van der Waals surface area (Å²) >= 11 is 0. The Morgan fingerprint density at radius 1 is 0.296 bits per heavy atom. The lowest BCUT2D eigenvalue weighted by atomic mass is 10.1. The molecule has 0 aromatic rings. The third kappa shape index (κ3) is 56.3. The predicted octanol–water partition coefficient (Wildman–Crippen LogP) is 19.4. The van der Waals surface area contributed by atoms with Gasteiger partial charge in [-0.2, -0.15) is 0 Å². The van der Waals surface area contributed by atoms with E-state index < -0.39 is 6.10 Å². The number of carbonyl (C=O) groups excluding carboxylic acids is 3. The Morgan fingerprint density at radius 2 is 0.549 bits per heavy atom. The molecule has 71 heavy (non-hydrogen) atoms. The van der Waals surface area contributed by atoms with Crippen molar-refractivity contribution in [2.45, 2.75) is 245 Å². The summed E-state index contributed by atoms with van der Waals surface area (Å²) in [6, 6.07) is 0. The fourth-order valence-corrected chi connectivity index (χ4v) is 7.37. The summed E-state index contributed by atoms with van der Waals surface area (Å²) in [4.78, 5) is 38.1. The molecular weight excluding hydrogens is 877 g/mol. The average molecular weight is 982 g/mol. The number of carbonyl (C=O) groups is 3. The van der Waals surface area contributed by atoms with E-state index in [1.54, 1.807) is 0 Å². The van der Waals surface area contributed by atoms with Crippen molar-refractivity contribution in [3.05, 3.63) is 134 Å². The first-order chi connectivity index (χ1) is 35.0. The van der Waals surface area contributed by atoms with Gasteiger partial charge >= 0.3 is 17.9 Å². The van der Waals surface area contributed by atoms with Gasteiger partial charge in [0.25, 0.3) is 0 Å². The summed E-state index contributed by atoms with van der Waals surface area (Å²) in [5, 5.41) is 0. The van der Waals surface area contributed by atoms with Gasteiger partial charge in [-0.25, -0.2) is 0 Å². The number of unbranched alkanes of at least 4 members (excludes halogenated alkanes) is 17. The number of hydrogen-bond acceptors (Lipinski definition) is 6. The fourth-order valence-electron chi connectivity index (χ4n) is 7.37. The Balaban J connectivity index is 4.50. The quantitative estimate of drug-likeness (QED) is 0.0262. The van der Waals surface area contributed by atoms with Crippen LogP contribution < -0.4 is 0 Å². The molecule has 0 saturated carbocycles. The molecule has 0 amide bonds. The highest BCUT2D eigenvalue weighted by Crippen LogP contribution is 2.14. The molecule has 0 spiro atoms. The van der Waals surface area contributed by atoms with Crippen molar-refractivity contribution in [1.29, 1.82) is 0 Å². The van der Waals surface area contributed by atoms with Gasteiger partial charge in [-0.1, -0.05) is 219 Å². The van der Waals surface area contributed by atoms with E-state index in [2.05, 4.69) is 154 Å². The summed E-state index contributed by atoms with van der Waals surface area (Å²) in [6.07, 6.45) is 81.6. The van der Waals surface area contributed by atoms with Gasteiger partial charge in [-0.15, -0.1) is 0 Å². The summed E-state index contributed by atoms with van der Waals surface area (Å²) < 4.78 is 16.8. The largest absolute Gasteiger partial charge is 0.462 e. The van der Waals surface area contributed by atoms with Gasteiger partial charge < -0.3 is 14.2 Å². The molecule has 0 aliphatic rings. The van der Waals surface area contributed by atoms with Crippen LogP contribution in [0.3, 0.4) is 0 Å². The first-order valence-corrected chi connectivity index (χ1v) is 28.7. The van der Waals surface area contributed by atoms with Crippen LogP contribution in [-0.2, 0) is 28.6 Å². The van der Waals surface area contributed by atoms with Crippen LogP contribution in [0.25, 0.3) is 0 Å². The van der Waals surface area contributed by atoms with Gasteiger partial charge in [0.2, 0.25) is 0 Å². The number of allylic oxidation sites excluding steroid dienone is 22. The van der Waals surface area contributed by atoms with E-state index in [1.807, 2.05) is 0 Å². The smallest absolute Gasteiger partial charge is 0.306 e. The number of esters is 3. The van der Waals surface area contributed by atoms with E-state index in [1.165, 1.54) is 70.6 Å². The van der Waals surface area contributed by atoms with Crippen LogP contribution in [-0.4, -0.2) is 37.2 Å². The first kappa shape index (κ1) is 66.6. The minimum atomic E-state index is -0.816. The molecule has 0 radical (unpaired) electrons. The molecule has 0 aromatic heterocycles. The van der Waals surface area contributed by atoms with Crippen molar-refractivity contribution in [3.63, 3.8) is 0 Å². The normalized spacial score (nSPS) is 13.1. The Bertz CT molecular complexity index is 1550. The molecule has 0 aliphatic heterocycles. The monoisotopic (exact) mass is 981 g/mol. The number of rotatable bonds is 50. The van der Waals surface area contributed by atoms with Crippen molar-refractivity contribution >= 4 is 17.9 Å². The lowest BCUT2D eigenvalue weighted by molar-refractivity contribution is -0.167. The molecule has 1 atom stereocenters. The van der Waals surface area contributed by atoms with Crippen LogP contribution in [0.4, 0.5) is 0 Å². The zero-order valence-corrected chi connectivity index (χ0v) is 45.7. The molecule has 400 valence electrons. The third-order valence-corrected chi connectivity index (χ3v) is 11.6. The van der Waals surface area contributed by atoms with Gasteiger partial charge in [-0.05, 0) is 135 Å². The average Bonchev–Trinajstić information content (AvgIpc) is 3.37. The molecule has 0 heterocycles. The number of ether oxygens (including phenoxy) is 3. The Kier molecular flexibility index (Phi) is 54.5. The first-order valence-electron chi connectivity index (χ1n) is 28.7. The van der Waals surface area contributed by atoms with Gasteiger partial charge in [0.15, 0.2) is 6.10 Å². The predicted molar refractivity (Wildman–Crippen MR) is 306 cm³/mol. The van der Waals surface area contributed by atoms with Crippen LogP contribution in [0.5, 0.6) is 0 Å². The lowest BCUT2D eigenvalue weighted by Gasteiger charge is -2.18. The molecule has 6 heteroatoms. The van der Waals surface area contributed by atoms with Gasteiger partial charge in [0.05, 0.1) is 0 Å². The van der Waals surface area contributed by atoms with Crippen molar-refractivity contribution in [1.82, 2.24) is 0 Å². The van der Waals surface area contributed by atoms with E-state index >= 15 is 0 Å². The molecule has 0 aromatic carbocycles. The molecule has 0 bridgehead atoms. The highest BCUT2D eigenvalue weighted by molar-refractivity contribution is 5.71. The van der Waals surface area contributed by atoms with Gasteiger partial charge in [0.1, 0.15) is 13.2 Å². The lowest BCUT2D eigenvalue weighted by Crippen LogP contribution is -2.30. The second-order valence-electron chi connectivity index (χ2n) is 18.4. The van der Waals surface area contributed by atoms with Crippen molar-refractivity contribution in [3.8, 4) is 0 Å². The van der Waals surface area contributed by atoms with Gasteiger partial charge in [-0.3, -0.25) is 14.4 Å². The molecule has 0 rings (SSSR count). The van der Waals surface area contributed by atoms with E-state index in [0.29, 0.717) is 25.7 Å². The van der Waals surface area contributed by atoms with Crippen LogP contribution in [0, 0.1) is 0 Å². The second kappa shape index (κ2) is 58.1. The Labute approximate surface area is 436 Å². The van der Waals surface area contributed by atoms with E-state index in [9.17, 15) is 14.4 Å². The number of hydrogen-bond donors (Lipinski definition) is 0. The van der Waals surface area contributed by atoms with Crippen molar-refractivity contribution in [2.24, 2.45) is 0 Å². The highest BCUT2D eigenvalue weighted by Gasteiger charge is 2.19. The Hall–Kier alpha value is -4.45. The standard InChI is InChI=1S/C65H104O6/c1-4-7-10-13-16-19-22-25-27-29-31-32-34-35-37-40-43-46-49-52-55-58-64(67)70-61-62(60-69-63(66)57-54-51-48-45-42-39-24-21-18-15-12-9-6-3)71-65(68)59-56-53-50-47-44-41-38-36-33-30-28-26-23-20-17-14-11-8-5-2/h7,9-10,12,16-21,25-28,31-32,35,37,39,42-43,46,62H,4-6,8,11,13-15,22-24,29-30,33-34,36,38,40-41,44-45,47-61H2,1-3H3/b10-7-,12-9-,19-16-,20-17-,21-18-,27-25-,28-26-,32-31-,37-35-,42-39-,46-43-. The van der Waals surface area contributed by atoms with Crippen LogP contribution in [0.15, 0.2) is 134 Å². The minimum absolute atomic E-state index is 0.113. The zero-order valence-electron chi connectivity index (χ0n) is 45.7. The van der Waals surface area contributed by atoms with Crippen molar-refractivity contribution in [2.75, 3.05) is 13.2 Å². The molecule has 0 fully saturated rings. The Morgan fingerprint density at radius 3 is 0.901 bits per heavy atom. The molecule has 1 unspecified atom stereocenters. The minimum Gasteiger partial charge on any atom is -0.462 e. The maximum Gasteiger partial charge on any atom is 0.306 e. The topological polar surface area (TPSA) is 78.9 Å². The maximum absolute atomic E-state index is 12.9. The van der Waals surface area contributed by atoms with E-state index in [-0.39, 0.29) is 31.1 Å². The summed E-state index contributed by atoms with van der Waals surface area (Å²) in [6.45, 7) is 6.31. The molecule has 0 N–H and O–H groups in total. The molecule has 0 aliphatic carbocycles. The summed E-state index contributed by atoms with van der Waals surface area (Å²) in [5.41, 5.74) is 0. The van der Waals surface area contributed by atoms with E-state index in [0.717, 1.165) is 122 Å².